The van der Waals surface area contributed by atoms with Crippen LogP contribution in [0.1, 0.15) is 38.5 Å². The van der Waals surface area contributed by atoms with Gasteiger partial charge < -0.3 is 4.67 Å². The zero-order valence-electron chi connectivity index (χ0n) is 10.5. The number of Topliss-reactive ketones (excluding diaryl/α,β-unsaturated/α-hetero) is 1. The Bertz CT molecular complexity index is 300. The van der Waals surface area contributed by atoms with E-state index in [0.29, 0.717) is 18.6 Å². The van der Waals surface area contributed by atoms with Gasteiger partial charge in [0, 0.05) is 25.1 Å². The number of hydrazone groups is 1. The van der Waals surface area contributed by atoms with E-state index in [1.165, 1.54) is 24.6 Å². The van der Waals surface area contributed by atoms with E-state index < -0.39 is 8.24 Å². The molecule has 0 amide bonds. The van der Waals surface area contributed by atoms with Gasteiger partial charge >= 0.3 is 0 Å². The number of rotatable bonds is 1. The van der Waals surface area contributed by atoms with E-state index in [1.807, 2.05) is 0 Å². The maximum atomic E-state index is 11.2. The third-order valence-corrected chi connectivity index (χ3v) is 7.05. The summed E-state index contributed by atoms with van der Waals surface area (Å²) in [7, 11) is -1.26. The molecule has 2 rings (SSSR count). The van der Waals surface area contributed by atoms with Crippen molar-refractivity contribution in [1.29, 1.82) is 0 Å². The van der Waals surface area contributed by atoms with Crippen molar-refractivity contribution in [1.82, 2.24) is 4.67 Å². The Kier molecular flexibility index (Phi) is 3.47. The van der Waals surface area contributed by atoms with E-state index >= 15 is 0 Å². The first-order valence-electron chi connectivity index (χ1n) is 6.44. The molecule has 1 saturated carbocycles. The summed E-state index contributed by atoms with van der Waals surface area (Å²) in [6, 6.07) is 1.36. The zero-order chi connectivity index (χ0) is 11.6. The van der Waals surface area contributed by atoms with Gasteiger partial charge in [-0.05, 0) is 25.3 Å². The molecular weight excluding hydrogens is 216 g/mol. The molecule has 0 bridgehead atoms. The lowest BCUT2D eigenvalue weighted by Gasteiger charge is -2.39. The fourth-order valence-electron chi connectivity index (χ4n) is 2.52. The Labute approximate surface area is 99.0 Å². The third-order valence-electron chi connectivity index (χ3n) is 3.75. The second-order valence-corrected chi connectivity index (χ2v) is 10.2. The molecule has 1 saturated heterocycles. The summed E-state index contributed by atoms with van der Waals surface area (Å²) in [6.07, 6.45) is 5.90. The Morgan fingerprint density at radius 2 is 1.81 bits per heavy atom. The number of hydrogen-bond donors (Lipinski definition) is 0. The fourth-order valence-corrected chi connectivity index (χ4v) is 5.07. The maximum Gasteiger partial charge on any atom is 0.172 e. The normalized spacial score (nSPS) is 25.8. The first-order chi connectivity index (χ1) is 7.58. The molecule has 0 aromatic rings. The van der Waals surface area contributed by atoms with Crippen LogP contribution in [-0.2, 0) is 4.79 Å². The summed E-state index contributed by atoms with van der Waals surface area (Å²) < 4.78 is 2.39. The van der Waals surface area contributed by atoms with Crippen molar-refractivity contribution in [3.05, 3.63) is 0 Å². The molecule has 1 aliphatic carbocycles. The summed E-state index contributed by atoms with van der Waals surface area (Å²) in [4.78, 5) is 11.2. The molecule has 0 spiro atoms. The van der Waals surface area contributed by atoms with Gasteiger partial charge in [0.1, 0.15) is 5.78 Å². The molecule has 3 nitrogen and oxygen atoms in total. The molecular formula is C12H22N2OSi. The van der Waals surface area contributed by atoms with E-state index in [0.717, 1.165) is 19.4 Å². The molecule has 0 N–H and O–H groups in total. The Morgan fingerprint density at radius 3 is 2.44 bits per heavy atom. The molecule has 1 aliphatic heterocycles. The van der Waals surface area contributed by atoms with Gasteiger partial charge in [0.15, 0.2) is 8.24 Å². The second-order valence-electron chi connectivity index (χ2n) is 5.60. The van der Waals surface area contributed by atoms with Gasteiger partial charge in [-0.15, -0.1) is 0 Å². The topological polar surface area (TPSA) is 32.7 Å². The van der Waals surface area contributed by atoms with Crippen molar-refractivity contribution in [3.63, 3.8) is 0 Å². The Balaban J connectivity index is 2.01. The van der Waals surface area contributed by atoms with Gasteiger partial charge in [-0.3, -0.25) is 4.79 Å². The van der Waals surface area contributed by atoms with E-state index in [9.17, 15) is 4.79 Å². The van der Waals surface area contributed by atoms with Gasteiger partial charge in [-0.25, -0.2) is 0 Å². The first-order valence-corrected chi connectivity index (χ1v) is 9.59. The van der Waals surface area contributed by atoms with Crippen LogP contribution in [0, 0.1) is 0 Å². The van der Waals surface area contributed by atoms with Crippen molar-refractivity contribution < 1.29 is 4.79 Å². The molecule has 2 aliphatic rings. The van der Waals surface area contributed by atoms with Crippen molar-refractivity contribution in [2.45, 2.75) is 57.7 Å². The number of carbonyl (C=O) groups is 1. The van der Waals surface area contributed by atoms with Crippen LogP contribution in [0.25, 0.3) is 0 Å². The SMILES string of the molecule is C[Si]1(C)CCCCN1N=C1CCC(=O)CC1. The van der Waals surface area contributed by atoms with Crippen molar-refractivity contribution in [3.8, 4) is 0 Å². The van der Waals surface area contributed by atoms with Crippen LogP contribution < -0.4 is 0 Å². The van der Waals surface area contributed by atoms with Gasteiger partial charge in [0.25, 0.3) is 0 Å². The summed E-state index contributed by atoms with van der Waals surface area (Å²) in [5.74, 6) is 0.411. The van der Waals surface area contributed by atoms with Crippen LogP contribution in [0.5, 0.6) is 0 Å². The molecule has 16 heavy (non-hydrogen) atoms. The van der Waals surface area contributed by atoms with E-state index in [4.69, 9.17) is 5.10 Å². The van der Waals surface area contributed by atoms with E-state index in [-0.39, 0.29) is 0 Å². The molecule has 0 atom stereocenters. The van der Waals surface area contributed by atoms with Crippen molar-refractivity contribution in [2.24, 2.45) is 5.10 Å². The lowest BCUT2D eigenvalue weighted by molar-refractivity contribution is -0.119. The Hall–Kier alpha value is -0.643. The smallest absolute Gasteiger partial charge is 0.172 e. The summed E-state index contributed by atoms with van der Waals surface area (Å²) in [5, 5.41) is 4.84. The first kappa shape index (κ1) is 11.8. The van der Waals surface area contributed by atoms with Gasteiger partial charge in [0.2, 0.25) is 0 Å². The lowest BCUT2D eigenvalue weighted by atomic mass is 9.97. The highest BCUT2D eigenvalue weighted by atomic mass is 28.3. The minimum Gasteiger partial charge on any atom is -0.324 e. The molecule has 1 heterocycles. The Morgan fingerprint density at radius 1 is 1.12 bits per heavy atom. The summed E-state index contributed by atoms with van der Waals surface area (Å²) in [6.45, 7) is 5.95. The van der Waals surface area contributed by atoms with Crippen LogP contribution in [0.3, 0.4) is 0 Å². The highest BCUT2D eigenvalue weighted by Gasteiger charge is 2.32. The average Bonchev–Trinajstić information content (AvgIpc) is 2.24. The maximum absolute atomic E-state index is 11.2. The summed E-state index contributed by atoms with van der Waals surface area (Å²) >= 11 is 0. The van der Waals surface area contributed by atoms with Gasteiger partial charge in [-0.2, -0.15) is 5.10 Å². The lowest BCUT2D eigenvalue weighted by Crippen LogP contribution is -2.49. The minimum absolute atomic E-state index is 0.411. The van der Waals surface area contributed by atoms with Crippen LogP contribution in [-0.4, -0.2) is 30.9 Å². The molecule has 0 aromatic heterocycles. The standard InChI is InChI=1S/C12H22N2OSi/c1-16(2)10-4-3-9-14(16)13-11-5-7-12(15)8-6-11/h3-10H2,1-2H3. The van der Waals surface area contributed by atoms with Crippen molar-refractivity contribution >= 4 is 19.7 Å². The zero-order valence-corrected chi connectivity index (χ0v) is 11.5. The van der Waals surface area contributed by atoms with E-state index in [1.54, 1.807) is 0 Å². The fraction of sp³-hybridized carbons (Fsp3) is 0.833. The van der Waals surface area contributed by atoms with Crippen molar-refractivity contribution in [2.75, 3.05) is 6.54 Å². The molecule has 0 unspecified atom stereocenters. The number of hydrogen-bond acceptors (Lipinski definition) is 3. The molecule has 0 radical (unpaired) electrons. The predicted octanol–water partition coefficient (Wildman–Crippen LogP) is 2.79. The monoisotopic (exact) mass is 238 g/mol. The summed E-state index contributed by atoms with van der Waals surface area (Å²) in [5.41, 5.74) is 1.27. The van der Waals surface area contributed by atoms with Crippen LogP contribution >= 0.6 is 0 Å². The van der Waals surface area contributed by atoms with Gasteiger partial charge in [-0.1, -0.05) is 19.5 Å². The molecule has 0 aromatic carbocycles. The molecule has 4 heteroatoms. The number of carbonyl (C=O) groups excluding carboxylic acids is 1. The van der Waals surface area contributed by atoms with E-state index in [2.05, 4.69) is 17.8 Å². The third kappa shape index (κ3) is 2.73. The minimum atomic E-state index is -1.26. The highest BCUT2D eigenvalue weighted by Crippen LogP contribution is 2.26. The van der Waals surface area contributed by atoms with Crippen LogP contribution in [0.15, 0.2) is 5.10 Å². The number of nitrogens with zero attached hydrogens (tertiary/aromatic N) is 2. The van der Waals surface area contributed by atoms with Gasteiger partial charge in [0.05, 0.1) is 0 Å². The second kappa shape index (κ2) is 4.70. The van der Waals surface area contributed by atoms with Crippen LogP contribution in [0.2, 0.25) is 19.1 Å². The number of ketones is 1. The highest BCUT2D eigenvalue weighted by molar-refractivity contribution is 6.74. The predicted molar refractivity (Wildman–Crippen MR) is 69.1 cm³/mol. The average molecular weight is 238 g/mol. The molecule has 90 valence electrons. The largest absolute Gasteiger partial charge is 0.324 e. The quantitative estimate of drug-likeness (QED) is 0.658. The molecule has 2 fully saturated rings. The van der Waals surface area contributed by atoms with Crippen LogP contribution in [0.4, 0.5) is 0 Å².